The smallest absolute Gasteiger partial charge is 0.273 e. The summed E-state index contributed by atoms with van der Waals surface area (Å²) in [4.78, 5) is 12.2. The zero-order valence-electron chi connectivity index (χ0n) is 14.0. The van der Waals surface area contributed by atoms with Gasteiger partial charge in [0, 0.05) is 18.2 Å². The van der Waals surface area contributed by atoms with Crippen LogP contribution in [0.4, 0.5) is 0 Å². The Morgan fingerprint density at radius 2 is 2.00 bits per heavy atom. The second kappa shape index (κ2) is 7.60. The van der Waals surface area contributed by atoms with E-state index in [1.165, 1.54) is 24.5 Å². The van der Waals surface area contributed by atoms with Gasteiger partial charge in [0.1, 0.15) is 30.1 Å². The van der Waals surface area contributed by atoms with Gasteiger partial charge in [-0.1, -0.05) is 35.5 Å². The van der Waals surface area contributed by atoms with Crippen LogP contribution < -0.4 is 10.1 Å². The van der Waals surface area contributed by atoms with Crippen molar-refractivity contribution in [3.05, 3.63) is 71.6 Å². The maximum atomic E-state index is 12.2. The minimum absolute atomic E-state index is 0.127. The number of aromatic nitrogens is 1. The molecule has 0 aliphatic carbocycles. The van der Waals surface area contributed by atoms with Crippen molar-refractivity contribution in [2.45, 2.75) is 19.6 Å². The predicted molar refractivity (Wildman–Crippen MR) is 92.9 cm³/mol. The fourth-order valence-corrected chi connectivity index (χ4v) is 2.56. The van der Waals surface area contributed by atoms with Gasteiger partial charge in [0.25, 0.3) is 5.91 Å². The maximum absolute atomic E-state index is 12.2. The molecule has 1 atom stereocenters. The summed E-state index contributed by atoms with van der Waals surface area (Å²) < 4.78 is 10.4. The molecule has 1 unspecified atom stereocenters. The molecule has 1 amide bonds. The molecular formula is C19H18N2O5. The minimum Gasteiger partial charge on any atom is -0.508 e. The Morgan fingerprint density at radius 3 is 2.69 bits per heavy atom. The lowest BCUT2D eigenvalue weighted by Crippen LogP contribution is -2.27. The van der Waals surface area contributed by atoms with E-state index in [9.17, 15) is 15.0 Å². The van der Waals surface area contributed by atoms with Crippen LogP contribution in [0, 0.1) is 0 Å². The van der Waals surface area contributed by atoms with Crippen LogP contribution >= 0.6 is 0 Å². The summed E-state index contributed by atoms with van der Waals surface area (Å²) in [6.45, 7) is 1.94. The molecule has 3 N–H and O–H groups in total. The van der Waals surface area contributed by atoms with Crippen molar-refractivity contribution >= 4 is 5.91 Å². The third-order valence-electron chi connectivity index (χ3n) is 3.79. The molecule has 0 aliphatic rings. The van der Waals surface area contributed by atoms with Crippen LogP contribution in [0.25, 0.3) is 0 Å². The molecule has 7 heteroatoms. The van der Waals surface area contributed by atoms with Gasteiger partial charge in [-0.25, -0.2) is 0 Å². The predicted octanol–water partition coefficient (Wildman–Crippen LogP) is 3.16. The van der Waals surface area contributed by atoms with E-state index in [4.69, 9.17) is 4.74 Å². The Kier molecular flexibility index (Phi) is 5.07. The van der Waals surface area contributed by atoms with E-state index in [2.05, 4.69) is 15.0 Å². The fourth-order valence-electron chi connectivity index (χ4n) is 2.56. The van der Waals surface area contributed by atoms with Gasteiger partial charge >= 0.3 is 0 Å². The van der Waals surface area contributed by atoms with Gasteiger partial charge in [-0.15, -0.1) is 0 Å². The summed E-state index contributed by atoms with van der Waals surface area (Å²) in [5, 5.41) is 26.3. The van der Waals surface area contributed by atoms with Crippen molar-refractivity contribution in [3.63, 3.8) is 0 Å². The second-order valence-electron chi connectivity index (χ2n) is 5.73. The van der Waals surface area contributed by atoms with Crippen molar-refractivity contribution in [2.24, 2.45) is 0 Å². The minimum atomic E-state index is -0.592. The first kappa shape index (κ1) is 17.3. The molecule has 2 aromatic carbocycles. The molecule has 0 aliphatic heterocycles. The highest BCUT2D eigenvalue weighted by atomic mass is 16.5. The molecule has 1 heterocycles. The molecule has 7 nitrogen and oxygen atoms in total. The number of phenolic OH excluding ortho intramolecular Hbond substituents is 2. The average molecular weight is 354 g/mol. The van der Waals surface area contributed by atoms with E-state index in [0.717, 1.165) is 5.56 Å². The van der Waals surface area contributed by atoms with Gasteiger partial charge in [0.2, 0.25) is 0 Å². The first-order valence-corrected chi connectivity index (χ1v) is 7.98. The van der Waals surface area contributed by atoms with Crippen LogP contribution in [0.3, 0.4) is 0 Å². The Bertz CT molecular complexity index is 878. The summed E-state index contributed by atoms with van der Waals surface area (Å²) in [6.07, 6.45) is 1.30. The Balaban J connectivity index is 1.81. The van der Waals surface area contributed by atoms with E-state index in [1.54, 1.807) is 6.92 Å². The van der Waals surface area contributed by atoms with E-state index in [1.807, 2.05) is 30.3 Å². The van der Waals surface area contributed by atoms with Crippen LogP contribution in [-0.2, 0) is 6.61 Å². The first-order valence-electron chi connectivity index (χ1n) is 7.98. The summed E-state index contributed by atoms with van der Waals surface area (Å²) >= 11 is 0. The molecule has 0 spiro atoms. The Labute approximate surface area is 149 Å². The number of rotatable bonds is 6. The van der Waals surface area contributed by atoms with Crippen molar-refractivity contribution in [3.8, 4) is 17.2 Å². The molecule has 1 aromatic heterocycles. The average Bonchev–Trinajstić information content (AvgIpc) is 3.15. The molecule has 134 valence electrons. The number of nitrogens with one attached hydrogen (secondary N) is 1. The summed E-state index contributed by atoms with van der Waals surface area (Å²) in [7, 11) is 0. The largest absolute Gasteiger partial charge is 0.508 e. The SMILES string of the molecule is CC(NC(=O)c1ccon1)c1c(O)cc(O)cc1OCc1ccccc1. The lowest BCUT2D eigenvalue weighted by Gasteiger charge is -2.19. The highest BCUT2D eigenvalue weighted by Gasteiger charge is 2.21. The van der Waals surface area contributed by atoms with Crippen LogP contribution in [-0.4, -0.2) is 21.3 Å². The van der Waals surface area contributed by atoms with Crippen LogP contribution in [0.1, 0.15) is 34.6 Å². The Morgan fingerprint density at radius 1 is 1.23 bits per heavy atom. The number of carbonyl (C=O) groups is 1. The normalized spacial score (nSPS) is 11.7. The molecule has 0 saturated heterocycles. The van der Waals surface area contributed by atoms with E-state index < -0.39 is 11.9 Å². The summed E-state index contributed by atoms with van der Waals surface area (Å²) in [6, 6.07) is 12.9. The lowest BCUT2D eigenvalue weighted by atomic mass is 10.0. The number of benzene rings is 2. The van der Waals surface area contributed by atoms with Gasteiger partial charge in [-0.05, 0) is 12.5 Å². The maximum Gasteiger partial charge on any atom is 0.273 e. The van der Waals surface area contributed by atoms with Crippen LogP contribution in [0.15, 0.2) is 59.3 Å². The van der Waals surface area contributed by atoms with Gasteiger partial charge in [0.05, 0.1) is 11.6 Å². The molecule has 0 fully saturated rings. The lowest BCUT2D eigenvalue weighted by molar-refractivity contribution is 0.0930. The zero-order valence-corrected chi connectivity index (χ0v) is 14.0. The Hall–Kier alpha value is -3.48. The second-order valence-corrected chi connectivity index (χ2v) is 5.73. The van der Waals surface area contributed by atoms with Gasteiger partial charge in [-0.3, -0.25) is 4.79 Å². The number of nitrogens with zero attached hydrogens (tertiary/aromatic N) is 1. The third-order valence-corrected chi connectivity index (χ3v) is 3.79. The van der Waals surface area contributed by atoms with Gasteiger partial charge in [-0.2, -0.15) is 0 Å². The number of hydrogen-bond donors (Lipinski definition) is 3. The highest BCUT2D eigenvalue weighted by Crippen LogP contribution is 2.37. The van der Waals surface area contributed by atoms with E-state index >= 15 is 0 Å². The van der Waals surface area contributed by atoms with Crippen molar-refractivity contribution in [2.75, 3.05) is 0 Å². The molecule has 0 radical (unpaired) electrons. The monoisotopic (exact) mass is 354 g/mol. The summed E-state index contributed by atoms with van der Waals surface area (Å²) in [5.74, 6) is -0.489. The number of carbonyl (C=O) groups excluding carboxylic acids is 1. The fraction of sp³-hybridized carbons (Fsp3) is 0.158. The number of aromatic hydroxyl groups is 2. The van der Waals surface area contributed by atoms with Crippen LogP contribution in [0.2, 0.25) is 0 Å². The standard InChI is InChI=1S/C19H18N2O5/c1-12(20-19(24)15-7-8-26-21-15)18-16(23)9-14(22)10-17(18)25-11-13-5-3-2-4-6-13/h2-10,12,22-23H,11H2,1H3,(H,20,24). The van der Waals surface area contributed by atoms with E-state index in [-0.39, 0.29) is 29.5 Å². The number of hydrogen-bond acceptors (Lipinski definition) is 6. The van der Waals surface area contributed by atoms with Crippen molar-refractivity contribution in [1.82, 2.24) is 10.5 Å². The molecule has 0 bridgehead atoms. The van der Waals surface area contributed by atoms with Crippen molar-refractivity contribution in [1.29, 1.82) is 0 Å². The number of ether oxygens (including phenoxy) is 1. The first-order chi connectivity index (χ1) is 12.5. The van der Waals surface area contributed by atoms with Crippen LogP contribution in [0.5, 0.6) is 17.2 Å². The summed E-state index contributed by atoms with van der Waals surface area (Å²) in [5.41, 5.74) is 1.41. The van der Waals surface area contributed by atoms with Crippen molar-refractivity contribution < 1.29 is 24.3 Å². The van der Waals surface area contributed by atoms with E-state index in [0.29, 0.717) is 5.56 Å². The molecule has 0 saturated carbocycles. The van der Waals surface area contributed by atoms with Gasteiger partial charge in [0.15, 0.2) is 5.69 Å². The molecule has 3 aromatic rings. The quantitative estimate of drug-likeness (QED) is 0.628. The number of amides is 1. The topological polar surface area (TPSA) is 105 Å². The number of phenols is 2. The molecule has 26 heavy (non-hydrogen) atoms. The van der Waals surface area contributed by atoms with Gasteiger partial charge < -0.3 is 24.8 Å². The molecule has 3 rings (SSSR count). The third kappa shape index (κ3) is 3.94. The zero-order chi connectivity index (χ0) is 18.5. The highest BCUT2D eigenvalue weighted by molar-refractivity contribution is 5.92. The molecular weight excluding hydrogens is 336 g/mol.